The Morgan fingerprint density at radius 2 is 2.00 bits per heavy atom. The van der Waals surface area contributed by atoms with E-state index in [0.29, 0.717) is 18.0 Å². The predicted octanol–water partition coefficient (Wildman–Crippen LogP) is 1.80. The van der Waals surface area contributed by atoms with E-state index in [9.17, 15) is 9.90 Å². The van der Waals surface area contributed by atoms with E-state index in [1.165, 1.54) is 0 Å². The van der Waals surface area contributed by atoms with Crippen molar-refractivity contribution in [3.8, 4) is 5.75 Å². The zero-order valence-corrected chi connectivity index (χ0v) is 17.7. The summed E-state index contributed by atoms with van der Waals surface area (Å²) in [5.41, 5.74) is 0.403. The number of fused-ring (bicyclic) bond motifs is 1. The number of carbonyl (C=O) groups is 1. The monoisotopic (exact) mass is 416 g/mol. The number of hydrogen-bond donors (Lipinski definition) is 2. The van der Waals surface area contributed by atoms with Gasteiger partial charge in [0.15, 0.2) is 5.69 Å². The van der Waals surface area contributed by atoms with Crippen molar-refractivity contribution >= 4 is 16.8 Å². The van der Waals surface area contributed by atoms with Gasteiger partial charge < -0.3 is 19.9 Å². The summed E-state index contributed by atoms with van der Waals surface area (Å²) < 4.78 is 12.8. The van der Waals surface area contributed by atoms with Gasteiger partial charge in [0.25, 0.3) is 5.91 Å². The van der Waals surface area contributed by atoms with Gasteiger partial charge >= 0.3 is 0 Å². The van der Waals surface area contributed by atoms with Crippen LogP contribution in [0.1, 0.15) is 42.6 Å². The van der Waals surface area contributed by atoms with Crippen LogP contribution in [0.4, 0.5) is 0 Å². The molecule has 2 N–H and O–H groups in total. The second-order valence-corrected chi connectivity index (χ2v) is 8.35. The molecule has 4 rings (SSSR count). The molecule has 0 radical (unpaired) electrons. The molecule has 0 bridgehead atoms. The van der Waals surface area contributed by atoms with Crippen LogP contribution < -0.4 is 10.1 Å². The van der Waals surface area contributed by atoms with Gasteiger partial charge in [0.2, 0.25) is 0 Å². The maximum Gasteiger partial charge on any atom is 0.272 e. The molecular formula is C22H32N4O4. The lowest BCUT2D eigenvalue weighted by atomic mass is 9.85. The number of para-hydroxylation sites is 1. The number of amides is 1. The van der Waals surface area contributed by atoms with Gasteiger partial charge in [0.05, 0.1) is 32.5 Å². The molecule has 164 valence electrons. The standard InChI is InChI=1S/C22H32N4O4/c1-29-18-7-5-6-17-19(21(27)23-16-22(28)8-3-2-4-9-22)24-26(20(17)18)11-10-25-12-14-30-15-13-25/h5-7,28H,2-4,8-16H2,1H3,(H,23,27). The fourth-order valence-corrected chi connectivity index (χ4v) is 4.47. The van der Waals surface area contributed by atoms with Gasteiger partial charge in [-0.1, -0.05) is 31.4 Å². The van der Waals surface area contributed by atoms with Crippen LogP contribution in [0.5, 0.6) is 5.75 Å². The van der Waals surface area contributed by atoms with E-state index < -0.39 is 5.60 Å². The first-order chi connectivity index (χ1) is 14.6. The highest BCUT2D eigenvalue weighted by Crippen LogP contribution is 2.29. The number of carbonyl (C=O) groups excluding carboxylic acids is 1. The number of ether oxygens (including phenoxy) is 2. The van der Waals surface area contributed by atoms with Gasteiger partial charge in [0, 0.05) is 31.6 Å². The lowest BCUT2D eigenvalue weighted by Crippen LogP contribution is -2.44. The summed E-state index contributed by atoms with van der Waals surface area (Å²) in [5.74, 6) is 0.448. The second-order valence-electron chi connectivity index (χ2n) is 8.35. The normalized spacial score (nSPS) is 19.7. The van der Waals surface area contributed by atoms with Crippen LogP contribution in [0.2, 0.25) is 0 Å². The first-order valence-electron chi connectivity index (χ1n) is 10.9. The number of rotatable bonds is 7. The van der Waals surface area contributed by atoms with E-state index >= 15 is 0 Å². The van der Waals surface area contributed by atoms with E-state index in [-0.39, 0.29) is 12.5 Å². The molecule has 2 aromatic rings. The van der Waals surface area contributed by atoms with Crippen LogP contribution >= 0.6 is 0 Å². The lowest BCUT2D eigenvalue weighted by Gasteiger charge is -2.31. The van der Waals surface area contributed by atoms with Gasteiger partial charge in [-0.15, -0.1) is 0 Å². The Morgan fingerprint density at radius 3 is 2.73 bits per heavy atom. The van der Waals surface area contributed by atoms with E-state index in [0.717, 1.165) is 75.9 Å². The average molecular weight is 417 g/mol. The molecule has 8 nitrogen and oxygen atoms in total. The van der Waals surface area contributed by atoms with Crippen molar-refractivity contribution < 1.29 is 19.4 Å². The molecule has 0 spiro atoms. The van der Waals surface area contributed by atoms with Crippen LogP contribution in [0, 0.1) is 0 Å². The molecule has 1 amide bonds. The third-order valence-electron chi connectivity index (χ3n) is 6.26. The molecule has 30 heavy (non-hydrogen) atoms. The van der Waals surface area contributed by atoms with Crippen molar-refractivity contribution in [3.63, 3.8) is 0 Å². The first kappa shape index (κ1) is 21.1. The molecule has 1 aromatic carbocycles. The first-order valence-corrected chi connectivity index (χ1v) is 10.9. The number of benzene rings is 1. The van der Waals surface area contributed by atoms with Crippen molar-refractivity contribution in [2.75, 3.05) is 46.5 Å². The zero-order chi connectivity index (χ0) is 21.0. The van der Waals surface area contributed by atoms with E-state index in [1.54, 1.807) is 7.11 Å². The van der Waals surface area contributed by atoms with Gasteiger partial charge in [0.1, 0.15) is 11.3 Å². The largest absolute Gasteiger partial charge is 0.494 e. The molecular weight excluding hydrogens is 384 g/mol. The Morgan fingerprint density at radius 1 is 1.23 bits per heavy atom. The average Bonchev–Trinajstić information content (AvgIpc) is 3.16. The fourth-order valence-electron chi connectivity index (χ4n) is 4.47. The number of methoxy groups -OCH3 is 1. The Bertz CT molecular complexity index is 869. The molecule has 0 unspecified atom stereocenters. The molecule has 2 fully saturated rings. The number of nitrogens with one attached hydrogen (secondary N) is 1. The van der Waals surface area contributed by atoms with Crippen molar-refractivity contribution in [2.45, 2.75) is 44.2 Å². The number of hydrogen-bond acceptors (Lipinski definition) is 6. The molecule has 8 heteroatoms. The smallest absolute Gasteiger partial charge is 0.272 e. The Labute approximate surface area is 177 Å². The van der Waals surface area contributed by atoms with Crippen LogP contribution in [0.25, 0.3) is 10.9 Å². The summed E-state index contributed by atoms with van der Waals surface area (Å²) in [5, 5.41) is 19.1. The quantitative estimate of drug-likeness (QED) is 0.716. The second kappa shape index (κ2) is 9.32. The summed E-state index contributed by atoms with van der Waals surface area (Å²) in [6.07, 6.45) is 4.62. The van der Waals surface area contributed by atoms with Crippen molar-refractivity contribution in [1.29, 1.82) is 0 Å². The van der Waals surface area contributed by atoms with E-state index in [4.69, 9.17) is 9.47 Å². The summed E-state index contributed by atoms with van der Waals surface area (Å²) >= 11 is 0. The summed E-state index contributed by atoms with van der Waals surface area (Å²) in [4.78, 5) is 15.3. The van der Waals surface area contributed by atoms with Gasteiger partial charge in [-0.05, 0) is 18.9 Å². The van der Waals surface area contributed by atoms with Crippen LogP contribution in [0.3, 0.4) is 0 Å². The Hall–Kier alpha value is -2.16. The molecule has 2 heterocycles. The number of morpholine rings is 1. The topological polar surface area (TPSA) is 88.8 Å². The van der Waals surface area contributed by atoms with Crippen molar-refractivity contribution in [1.82, 2.24) is 20.0 Å². The molecule has 2 aliphatic rings. The zero-order valence-electron chi connectivity index (χ0n) is 17.7. The fraction of sp³-hybridized carbons (Fsp3) is 0.636. The molecule has 1 saturated carbocycles. The molecule has 1 aliphatic carbocycles. The van der Waals surface area contributed by atoms with Gasteiger partial charge in [-0.25, -0.2) is 0 Å². The molecule has 1 saturated heterocycles. The highest BCUT2D eigenvalue weighted by molar-refractivity contribution is 6.06. The Balaban J connectivity index is 1.54. The third-order valence-corrected chi connectivity index (χ3v) is 6.26. The number of nitrogens with zero attached hydrogens (tertiary/aromatic N) is 3. The molecule has 1 aliphatic heterocycles. The Kier molecular flexibility index (Phi) is 6.55. The predicted molar refractivity (Wildman–Crippen MR) is 114 cm³/mol. The highest BCUT2D eigenvalue weighted by atomic mass is 16.5. The summed E-state index contributed by atoms with van der Waals surface area (Å²) in [6, 6.07) is 5.67. The van der Waals surface area contributed by atoms with E-state index in [2.05, 4.69) is 15.3 Å². The maximum atomic E-state index is 13.0. The minimum atomic E-state index is -0.805. The third kappa shape index (κ3) is 4.61. The number of aromatic nitrogens is 2. The summed E-state index contributed by atoms with van der Waals surface area (Å²) in [7, 11) is 1.63. The van der Waals surface area contributed by atoms with Crippen LogP contribution in [-0.2, 0) is 11.3 Å². The van der Waals surface area contributed by atoms with Crippen molar-refractivity contribution in [2.24, 2.45) is 0 Å². The van der Waals surface area contributed by atoms with Crippen LogP contribution in [0.15, 0.2) is 18.2 Å². The van der Waals surface area contributed by atoms with Gasteiger partial charge in [-0.3, -0.25) is 14.4 Å². The van der Waals surface area contributed by atoms with Gasteiger partial charge in [-0.2, -0.15) is 5.10 Å². The van der Waals surface area contributed by atoms with E-state index in [1.807, 2.05) is 22.9 Å². The SMILES string of the molecule is COc1cccc2c(C(=O)NCC3(O)CCCCC3)nn(CCN3CCOCC3)c12. The minimum Gasteiger partial charge on any atom is -0.494 e. The molecule has 1 aromatic heterocycles. The minimum absolute atomic E-state index is 0.252. The maximum absolute atomic E-state index is 13.0. The highest BCUT2D eigenvalue weighted by Gasteiger charge is 2.30. The lowest BCUT2D eigenvalue weighted by molar-refractivity contribution is 0.00521. The van der Waals surface area contributed by atoms with Crippen LogP contribution in [-0.4, -0.2) is 77.8 Å². The number of aliphatic hydroxyl groups is 1. The molecule has 0 atom stereocenters. The van der Waals surface area contributed by atoms with Crippen molar-refractivity contribution in [3.05, 3.63) is 23.9 Å². The summed E-state index contributed by atoms with van der Waals surface area (Å²) in [6.45, 7) is 5.06.